The number of rotatable bonds is 3. The van der Waals surface area contributed by atoms with Crippen molar-refractivity contribution < 1.29 is 17.6 Å². The largest absolute Gasteiger partial charge is 0.464 e. The van der Waals surface area contributed by atoms with Gasteiger partial charge >= 0.3 is 0 Å². The third kappa shape index (κ3) is 2.94. The quantitative estimate of drug-likeness (QED) is 0.875. The second kappa shape index (κ2) is 5.50. The van der Waals surface area contributed by atoms with Crippen LogP contribution in [0.4, 0.5) is 0 Å². The minimum Gasteiger partial charge on any atom is -0.464 e. The Morgan fingerprint density at radius 3 is 2.43 bits per heavy atom. The zero-order valence-corrected chi connectivity index (χ0v) is 12.5. The molecule has 1 saturated heterocycles. The van der Waals surface area contributed by atoms with Gasteiger partial charge in [-0.15, -0.1) is 0 Å². The van der Waals surface area contributed by atoms with E-state index in [0.717, 1.165) is 23.3 Å². The van der Waals surface area contributed by atoms with E-state index in [-0.39, 0.29) is 0 Å². The Balaban J connectivity index is 2.08. The zero-order chi connectivity index (χ0) is 14.9. The van der Waals surface area contributed by atoms with E-state index in [1.807, 2.05) is 24.3 Å². The molecule has 0 spiro atoms. The molecule has 3 rings (SSSR count). The van der Waals surface area contributed by atoms with Crippen LogP contribution in [0.15, 0.2) is 57.5 Å². The number of ether oxygens (including phenoxy) is 1. The van der Waals surface area contributed by atoms with Crippen molar-refractivity contribution in [3.05, 3.63) is 59.6 Å². The Labute approximate surface area is 124 Å². The van der Waals surface area contributed by atoms with Crippen molar-refractivity contribution in [1.29, 1.82) is 0 Å². The van der Waals surface area contributed by atoms with Crippen LogP contribution < -0.4 is 0 Å². The number of hydrogen-bond acceptors (Lipinski definition) is 4. The van der Waals surface area contributed by atoms with Gasteiger partial charge in [0.15, 0.2) is 9.84 Å². The molecular formula is C16H16O4S. The Hall–Kier alpha value is -1.85. The predicted molar refractivity (Wildman–Crippen MR) is 79.7 cm³/mol. The summed E-state index contributed by atoms with van der Waals surface area (Å²) in [5.41, 5.74) is 3.12. The Morgan fingerprint density at radius 1 is 1.14 bits per heavy atom. The van der Waals surface area contributed by atoms with E-state index in [0.29, 0.717) is 18.1 Å². The Morgan fingerprint density at radius 2 is 1.90 bits per heavy atom. The van der Waals surface area contributed by atoms with Gasteiger partial charge in [0.2, 0.25) is 0 Å². The fourth-order valence-electron chi connectivity index (χ4n) is 2.47. The molecule has 110 valence electrons. The van der Waals surface area contributed by atoms with Gasteiger partial charge in [0.05, 0.1) is 24.4 Å². The maximum Gasteiger partial charge on any atom is 0.175 e. The molecule has 21 heavy (non-hydrogen) atoms. The van der Waals surface area contributed by atoms with Crippen LogP contribution in [0.25, 0.3) is 5.57 Å². The third-order valence-electron chi connectivity index (χ3n) is 3.52. The van der Waals surface area contributed by atoms with Gasteiger partial charge in [0.1, 0.15) is 5.76 Å². The Kier molecular flexibility index (Phi) is 3.69. The first-order valence-electron chi connectivity index (χ1n) is 6.70. The molecule has 0 atom stereocenters. The second-order valence-electron chi connectivity index (χ2n) is 5.05. The van der Waals surface area contributed by atoms with E-state index in [1.54, 1.807) is 18.4 Å². The van der Waals surface area contributed by atoms with Crippen LogP contribution in [0, 0.1) is 0 Å². The summed E-state index contributed by atoms with van der Waals surface area (Å²) in [6.07, 6.45) is 3.71. The van der Waals surface area contributed by atoms with Gasteiger partial charge in [-0.2, -0.15) is 0 Å². The SMILES string of the molecule is CS(=O)(=O)c1ccc(/C(=C2\CCOC2)c2ccco2)cc1. The van der Waals surface area contributed by atoms with Crippen LogP contribution in [0.2, 0.25) is 0 Å². The van der Waals surface area contributed by atoms with Crippen LogP contribution in [0.3, 0.4) is 0 Å². The highest BCUT2D eigenvalue weighted by Crippen LogP contribution is 2.31. The molecule has 0 bridgehead atoms. The molecule has 1 aromatic carbocycles. The molecule has 1 fully saturated rings. The Bertz CT molecular complexity index is 745. The number of benzene rings is 1. The number of hydrogen-bond donors (Lipinski definition) is 0. The van der Waals surface area contributed by atoms with Gasteiger partial charge < -0.3 is 9.15 Å². The fourth-order valence-corrected chi connectivity index (χ4v) is 3.10. The first kappa shape index (κ1) is 14.1. The van der Waals surface area contributed by atoms with Crippen LogP contribution in [-0.2, 0) is 14.6 Å². The van der Waals surface area contributed by atoms with Gasteiger partial charge in [-0.1, -0.05) is 12.1 Å². The monoisotopic (exact) mass is 304 g/mol. The highest BCUT2D eigenvalue weighted by molar-refractivity contribution is 7.90. The summed E-state index contributed by atoms with van der Waals surface area (Å²) in [5.74, 6) is 0.780. The summed E-state index contributed by atoms with van der Waals surface area (Å²) in [5, 5.41) is 0. The molecule has 0 unspecified atom stereocenters. The molecule has 2 heterocycles. The summed E-state index contributed by atoms with van der Waals surface area (Å²) in [6.45, 7) is 1.30. The van der Waals surface area contributed by atoms with E-state index >= 15 is 0 Å². The van der Waals surface area contributed by atoms with Gasteiger partial charge in [-0.05, 0) is 41.8 Å². The van der Waals surface area contributed by atoms with E-state index in [9.17, 15) is 8.42 Å². The van der Waals surface area contributed by atoms with E-state index in [4.69, 9.17) is 9.15 Å². The minimum absolute atomic E-state index is 0.317. The summed E-state index contributed by atoms with van der Waals surface area (Å²) < 4.78 is 34.1. The van der Waals surface area contributed by atoms with E-state index in [2.05, 4.69) is 0 Å². The molecule has 0 amide bonds. The van der Waals surface area contributed by atoms with Crippen molar-refractivity contribution in [3.63, 3.8) is 0 Å². The maximum atomic E-state index is 11.5. The molecule has 1 aromatic heterocycles. The summed E-state index contributed by atoms with van der Waals surface area (Å²) in [4.78, 5) is 0.317. The first-order valence-corrected chi connectivity index (χ1v) is 8.59. The normalized spacial score (nSPS) is 18.0. The van der Waals surface area contributed by atoms with Crippen LogP contribution in [-0.4, -0.2) is 27.9 Å². The lowest BCUT2D eigenvalue weighted by molar-refractivity contribution is 0.205. The first-order chi connectivity index (χ1) is 10.1. The molecule has 0 radical (unpaired) electrons. The van der Waals surface area contributed by atoms with E-state index in [1.165, 1.54) is 11.8 Å². The lowest BCUT2D eigenvalue weighted by Crippen LogP contribution is -1.98. The van der Waals surface area contributed by atoms with Gasteiger partial charge in [-0.25, -0.2) is 8.42 Å². The van der Waals surface area contributed by atoms with Crippen LogP contribution in [0.1, 0.15) is 17.7 Å². The lowest BCUT2D eigenvalue weighted by Gasteiger charge is -2.09. The molecule has 0 saturated carbocycles. The second-order valence-corrected chi connectivity index (χ2v) is 7.07. The van der Waals surface area contributed by atoms with Crippen molar-refractivity contribution in [2.75, 3.05) is 19.5 Å². The molecule has 2 aromatic rings. The maximum absolute atomic E-state index is 11.5. The average molecular weight is 304 g/mol. The molecule has 1 aliphatic heterocycles. The van der Waals surface area contributed by atoms with Gasteiger partial charge in [0.25, 0.3) is 0 Å². The molecule has 1 aliphatic rings. The third-order valence-corrected chi connectivity index (χ3v) is 4.65. The molecule has 5 heteroatoms. The fraction of sp³-hybridized carbons (Fsp3) is 0.250. The van der Waals surface area contributed by atoms with Crippen LogP contribution in [0.5, 0.6) is 0 Å². The average Bonchev–Trinajstić information content (AvgIpc) is 3.12. The summed E-state index contributed by atoms with van der Waals surface area (Å²) >= 11 is 0. The van der Waals surface area contributed by atoms with Crippen molar-refractivity contribution in [1.82, 2.24) is 0 Å². The minimum atomic E-state index is -3.18. The van der Waals surface area contributed by atoms with Crippen molar-refractivity contribution >= 4 is 15.4 Å². The number of furan rings is 1. The van der Waals surface area contributed by atoms with Crippen LogP contribution >= 0.6 is 0 Å². The molecule has 0 N–H and O–H groups in total. The van der Waals surface area contributed by atoms with Crippen molar-refractivity contribution in [2.45, 2.75) is 11.3 Å². The highest BCUT2D eigenvalue weighted by atomic mass is 32.2. The molecule has 4 nitrogen and oxygen atoms in total. The highest BCUT2D eigenvalue weighted by Gasteiger charge is 2.18. The van der Waals surface area contributed by atoms with E-state index < -0.39 is 9.84 Å². The topological polar surface area (TPSA) is 56.5 Å². The molecular weight excluding hydrogens is 288 g/mol. The standard InChI is InChI=1S/C16H16O4S/c1-21(17,18)14-6-4-12(5-7-14)16(13-8-10-19-11-13)15-3-2-9-20-15/h2-7,9H,8,10-11H2,1H3/b16-13-. The zero-order valence-electron chi connectivity index (χ0n) is 11.7. The molecule has 0 aliphatic carbocycles. The summed E-state index contributed by atoms with van der Waals surface area (Å²) in [7, 11) is -3.18. The van der Waals surface area contributed by atoms with Gasteiger partial charge in [-0.3, -0.25) is 0 Å². The smallest absolute Gasteiger partial charge is 0.175 e. The van der Waals surface area contributed by atoms with Crippen molar-refractivity contribution in [3.8, 4) is 0 Å². The lowest BCUT2D eigenvalue weighted by atomic mass is 9.97. The predicted octanol–water partition coefficient (Wildman–Crippen LogP) is 2.91. The summed E-state index contributed by atoms with van der Waals surface area (Å²) in [6, 6.07) is 10.6. The van der Waals surface area contributed by atoms with Crippen molar-refractivity contribution in [2.24, 2.45) is 0 Å². The van der Waals surface area contributed by atoms with Gasteiger partial charge in [0, 0.05) is 11.8 Å². The number of sulfone groups is 1.